The Morgan fingerprint density at radius 1 is 1.43 bits per heavy atom. The van der Waals surface area contributed by atoms with Crippen molar-refractivity contribution in [1.82, 2.24) is 5.43 Å². The van der Waals surface area contributed by atoms with Crippen LogP contribution >= 0.6 is 0 Å². The van der Waals surface area contributed by atoms with Crippen LogP contribution in [0, 0.1) is 0 Å². The maximum Gasteiger partial charge on any atom is 0.268 e. The Morgan fingerprint density at radius 3 is 3.14 bits per heavy atom. The van der Waals surface area contributed by atoms with E-state index in [1.807, 2.05) is 6.07 Å². The van der Waals surface area contributed by atoms with Gasteiger partial charge in [0.1, 0.15) is 18.6 Å². The topological polar surface area (TPSA) is 77.5 Å². The number of nitrogens with two attached hydrogens (primary N) is 1. The Labute approximate surface area is 123 Å². The molecule has 3 N–H and O–H groups in total. The van der Waals surface area contributed by atoms with Crippen LogP contribution in [0.3, 0.4) is 0 Å². The van der Waals surface area contributed by atoms with Gasteiger partial charge < -0.3 is 9.15 Å². The summed E-state index contributed by atoms with van der Waals surface area (Å²) in [5.41, 5.74) is 5.09. The van der Waals surface area contributed by atoms with E-state index in [0.29, 0.717) is 17.9 Å². The van der Waals surface area contributed by atoms with Crippen molar-refractivity contribution in [2.45, 2.75) is 32.0 Å². The summed E-state index contributed by atoms with van der Waals surface area (Å²) in [6.45, 7) is 0.344. The van der Waals surface area contributed by atoms with Gasteiger partial charge in [-0.2, -0.15) is 0 Å². The van der Waals surface area contributed by atoms with E-state index in [4.69, 9.17) is 15.0 Å². The Bertz CT molecular complexity index is 636. The van der Waals surface area contributed by atoms with E-state index < -0.39 is 0 Å². The lowest BCUT2D eigenvalue weighted by atomic mass is 9.89. The number of nitrogen functional groups attached to an aromatic ring is 1. The molecule has 1 aliphatic rings. The fraction of sp³-hybridized carbons (Fsp3) is 0.312. The first-order chi connectivity index (χ1) is 10.3. The minimum Gasteiger partial charge on any atom is -0.466 e. The molecule has 0 radical (unpaired) electrons. The maximum atomic E-state index is 11.4. The van der Waals surface area contributed by atoms with Crippen LogP contribution in [0.5, 0.6) is 0 Å². The highest BCUT2D eigenvalue weighted by Gasteiger charge is 2.20. The number of rotatable bonds is 4. The molecule has 1 unspecified atom stereocenters. The lowest BCUT2D eigenvalue weighted by Crippen LogP contribution is -2.29. The summed E-state index contributed by atoms with van der Waals surface area (Å²) in [6, 6.07) is 10.0. The van der Waals surface area contributed by atoms with Gasteiger partial charge in [0.05, 0.1) is 11.7 Å². The maximum absolute atomic E-state index is 11.4. The van der Waals surface area contributed by atoms with Gasteiger partial charge in [0.25, 0.3) is 5.91 Å². The number of amides is 1. The fourth-order valence-corrected chi connectivity index (χ4v) is 2.72. The average molecular weight is 286 g/mol. The van der Waals surface area contributed by atoms with Gasteiger partial charge in [-0.15, -0.1) is 0 Å². The van der Waals surface area contributed by atoms with E-state index in [1.54, 1.807) is 6.07 Å². The predicted octanol–water partition coefficient (Wildman–Crippen LogP) is 2.48. The molecule has 3 rings (SSSR count). The highest BCUT2D eigenvalue weighted by Crippen LogP contribution is 2.33. The van der Waals surface area contributed by atoms with E-state index >= 15 is 0 Å². The van der Waals surface area contributed by atoms with E-state index in [9.17, 15) is 4.79 Å². The van der Waals surface area contributed by atoms with E-state index in [-0.39, 0.29) is 12.0 Å². The number of carbonyl (C=O) groups excluding carboxylic acids is 1. The van der Waals surface area contributed by atoms with E-state index in [1.165, 1.54) is 17.4 Å². The van der Waals surface area contributed by atoms with E-state index in [2.05, 4.69) is 23.6 Å². The van der Waals surface area contributed by atoms with Crippen LogP contribution < -0.4 is 11.3 Å². The smallest absolute Gasteiger partial charge is 0.268 e. The lowest BCUT2D eigenvalue weighted by Gasteiger charge is -2.25. The predicted molar refractivity (Wildman–Crippen MR) is 77.3 cm³/mol. The molecule has 21 heavy (non-hydrogen) atoms. The summed E-state index contributed by atoms with van der Waals surface area (Å²) >= 11 is 0. The number of hydrogen-bond donors (Lipinski definition) is 2. The van der Waals surface area contributed by atoms with Gasteiger partial charge >= 0.3 is 0 Å². The molecule has 0 bridgehead atoms. The van der Waals surface area contributed by atoms with Crippen molar-refractivity contribution in [2.24, 2.45) is 5.84 Å². The summed E-state index contributed by atoms with van der Waals surface area (Å²) in [4.78, 5) is 11.4. The van der Waals surface area contributed by atoms with Gasteiger partial charge in [0, 0.05) is 0 Å². The first kappa shape index (κ1) is 13.9. The van der Waals surface area contributed by atoms with Crippen LogP contribution in [0.25, 0.3) is 0 Å². The standard InChI is InChI=1S/C16H18N2O3/c17-18-16(19)12-8-13(20-9-12)10-21-15-7-3-5-11-4-1-2-6-14(11)15/h1-2,4,6,8-9,15H,3,5,7,10,17H2,(H,18,19). The van der Waals surface area contributed by atoms with Gasteiger partial charge in [-0.25, -0.2) is 5.84 Å². The van der Waals surface area contributed by atoms with Crippen molar-refractivity contribution in [3.8, 4) is 0 Å². The van der Waals surface area contributed by atoms with Gasteiger partial charge in [-0.1, -0.05) is 24.3 Å². The molecule has 2 aromatic rings. The highest BCUT2D eigenvalue weighted by atomic mass is 16.5. The summed E-state index contributed by atoms with van der Waals surface area (Å²) in [5.74, 6) is 5.34. The Balaban J connectivity index is 1.66. The second-order valence-corrected chi connectivity index (χ2v) is 5.17. The zero-order chi connectivity index (χ0) is 14.7. The Kier molecular flexibility index (Phi) is 4.03. The molecular formula is C16H18N2O3. The first-order valence-electron chi connectivity index (χ1n) is 7.05. The molecule has 1 atom stereocenters. The van der Waals surface area contributed by atoms with Gasteiger partial charge in [0.15, 0.2) is 0 Å². The zero-order valence-corrected chi connectivity index (χ0v) is 11.7. The van der Waals surface area contributed by atoms with Crippen molar-refractivity contribution in [3.05, 3.63) is 59.0 Å². The number of nitrogens with one attached hydrogen (secondary N) is 1. The van der Waals surface area contributed by atoms with Crippen molar-refractivity contribution < 1.29 is 13.9 Å². The molecule has 1 aromatic heterocycles. The minimum atomic E-state index is -0.368. The van der Waals surface area contributed by atoms with Gasteiger partial charge in [0.2, 0.25) is 0 Å². The molecule has 0 aliphatic heterocycles. The molecular weight excluding hydrogens is 268 g/mol. The molecule has 1 aromatic carbocycles. The molecule has 1 heterocycles. The molecule has 0 saturated heterocycles. The summed E-state index contributed by atoms with van der Waals surface area (Å²) in [7, 11) is 0. The van der Waals surface area contributed by atoms with Crippen LogP contribution in [-0.2, 0) is 17.8 Å². The molecule has 1 aliphatic carbocycles. The number of ether oxygens (including phenoxy) is 1. The van der Waals surface area contributed by atoms with Crippen molar-refractivity contribution >= 4 is 5.91 Å². The second-order valence-electron chi connectivity index (χ2n) is 5.17. The van der Waals surface area contributed by atoms with Crippen LogP contribution in [0.2, 0.25) is 0 Å². The minimum absolute atomic E-state index is 0.0897. The van der Waals surface area contributed by atoms with Crippen molar-refractivity contribution in [3.63, 3.8) is 0 Å². The molecule has 1 amide bonds. The summed E-state index contributed by atoms with van der Waals surface area (Å²) in [5, 5.41) is 0. The summed E-state index contributed by atoms with van der Waals surface area (Å²) in [6.07, 6.45) is 4.72. The Morgan fingerprint density at radius 2 is 2.29 bits per heavy atom. The van der Waals surface area contributed by atoms with E-state index in [0.717, 1.165) is 19.3 Å². The van der Waals surface area contributed by atoms with Crippen LogP contribution in [0.15, 0.2) is 41.0 Å². The van der Waals surface area contributed by atoms with Crippen LogP contribution in [0.4, 0.5) is 0 Å². The molecule has 5 heteroatoms. The number of furan rings is 1. The quantitative estimate of drug-likeness (QED) is 0.514. The Hall–Kier alpha value is -2.11. The molecule has 0 spiro atoms. The second kappa shape index (κ2) is 6.11. The fourth-order valence-electron chi connectivity index (χ4n) is 2.72. The third-order valence-corrected chi connectivity index (χ3v) is 3.79. The largest absolute Gasteiger partial charge is 0.466 e. The molecule has 0 fully saturated rings. The summed E-state index contributed by atoms with van der Waals surface area (Å²) < 4.78 is 11.3. The molecule has 0 saturated carbocycles. The average Bonchev–Trinajstić information content (AvgIpc) is 3.01. The lowest BCUT2D eigenvalue weighted by molar-refractivity contribution is 0.0192. The van der Waals surface area contributed by atoms with Crippen LogP contribution in [-0.4, -0.2) is 5.91 Å². The van der Waals surface area contributed by atoms with Crippen molar-refractivity contribution in [2.75, 3.05) is 0 Å². The van der Waals surface area contributed by atoms with Crippen LogP contribution in [0.1, 0.15) is 46.2 Å². The third kappa shape index (κ3) is 2.99. The number of benzene rings is 1. The highest BCUT2D eigenvalue weighted by molar-refractivity contribution is 5.93. The first-order valence-corrected chi connectivity index (χ1v) is 7.05. The third-order valence-electron chi connectivity index (χ3n) is 3.79. The number of fused-ring (bicyclic) bond motifs is 1. The van der Waals surface area contributed by atoms with Gasteiger partial charge in [-0.05, 0) is 36.5 Å². The normalized spacial score (nSPS) is 17.3. The zero-order valence-electron chi connectivity index (χ0n) is 11.7. The van der Waals surface area contributed by atoms with Gasteiger partial charge in [-0.3, -0.25) is 10.2 Å². The number of hydrazine groups is 1. The molecule has 5 nitrogen and oxygen atoms in total. The SMILES string of the molecule is NNC(=O)c1coc(COC2CCCc3ccccc32)c1. The number of carbonyl (C=O) groups is 1. The monoisotopic (exact) mass is 286 g/mol. The van der Waals surface area contributed by atoms with Crippen molar-refractivity contribution in [1.29, 1.82) is 0 Å². The molecule has 110 valence electrons. The number of hydrogen-bond acceptors (Lipinski definition) is 4. The number of aryl methyl sites for hydroxylation is 1.